The third-order valence-electron chi connectivity index (χ3n) is 7.91. The molecule has 9 heteroatoms. The van der Waals surface area contributed by atoms with E-state index in [-0.39, 0.29) is 18.0 Å². The van der Waals surface area contributed by atoms with Crippen molar-refractivity contribution in [2.75, 3.05) is 13.1 Å². The van der Waals surface area contributed by atoms with Crippen molar-refractivity contribution in [1.82, 2.24) is 29.5 Å². The quantitative estimate of drug-likeness (QED) is 0.368. The van der Waals surface area contributed by atoms with Gasteiger partial charge in [-0.2, -0.15) is 5.10 Å². The summed E-state index contributed by atoms with van der Waals surface area (Å²) in [4.78, 5) is 38.3. The van der Waals surface area contributed by atoms with E-state index in [1.165, 1.54) is 5.56 Å². The molecule has 1 unspecified atom stereocenters. The summed E-state index contributed by atoms with van der Waals surface area (Å²) in [6, 6.07) is 8.25. The maximum absolute atomic E-state index is 13.4. The van der Waals surface area contributed by atoms with E-state index in [0.717, 1.165) is 58.1 Å². The van der Waals surface area contributed by atoms with Crippen LogP contribution >= 0.6 is 0 Å². The monoisotopic (exact) mass is 540 g/mol. The molecule has 208 valence electrons. The lowest BCUT2D eigenvalue weighted by Crippen LogP contribution is -2.39. The van der Waals surface area contributed by atoms with Gasteiger partial charge in [0.1, 0.15) is 16.9 Å². The molecular weight excluding hydrogens is 504 g/mol. The van der Waals surface area contributed by atoms with Gasteiger partial charge >= 0.3 is 6.09 Å². The SMILES string of the molecule is Cc1c[nH]c2ncc(-c3cc4c(c(C5CCCN5C(=O)OC(C)(C)C)c3)CN(C(=O)c3ccn(C)n3)CC4)cc12. The largest absolute Gasteiger partial charge is 0.444 e. The lowest BCUT2D eigenvalue weighted by Gasteiger charge is -2.34. The Balaban J connectivity index is 1.43. The number of benzene rings is 1. The Morgan fingerprint density at radius 3 is 2.70 bits per heavy atom. The number of ether oxygens (including phenoxy) is 1. The number of aromatic amines is 1. The summed E-state index contributed by atoms with van der Waals surface area (Å²) in [5.74, 6) is -0.0747. The number of fused-ring (bicyclic) bond motifs is 2. The number of likely N-dealkylation sites (tertiary alicyclic amines) is 1. The van der Waals surface area contributed by atoms with Gasteiger partial charge in [-0.15, -0.1) is 0 Å². The van der Waals surface area contributed by atoms with Crippen LogP contribution in [0.15, 0.2) is 42.9 Å². The first-order chi connectivity index (χ1) is 19.1. The van der Waals surface area contributed by atoms with E-state index in [0.29, 0.717) is 25.3 Å². The Morgan fingerprint density at radius 2 is 1.95 bits per heavy atom. The van der Waals surface area contributed by atoms with E-state index in [1.807, 2.05) is 50.0 Å². The van der Waals surface area contributed by atoms with Gasteiger partial charge in [-0.25, -0.2) is 9.78 Å². The predicted octanol–water partition coefficient (Wildman–Crippen LogP) is 5.54. The van der Waals surface area contributed by atoms with Crippen LogP contribution in [0.2, 0.25) is 0 Å². The molecule has 0 saturated carbocycles. The molecule has 1 atom stereocenters. The van der Waals surface area contributed by atoms with E-state index >= 15 is 0 Å². The fourth-order valence-electron chi connectivity index (χ4n) is 5.95. The van der Waals surface area contributed by atoms with Crippen LogP contribution in [-0.2, 0) is 24.8 Å². The molecule has 9 nitrogen and oxygen atoms in total. The summed E-state index contributed by atoms with van der Waals surface area (Å²) in [6.07, 6.45) is 7.85. The number of carbonyl (C=O) groups is 2. The van der Waals surface area contributed by atoms with Gasteiger partial charge in [-0.05, 0) is 93.0 Å². The van der Waals surface area contributed by atoms with Crippen molar-refractivity contribution >= 4 is 23.0 Å². The molecule has 0 radical (unpaired) electrons. The van der Waals surface area contributed by atoms with E-state index in [9.17, 15) is 9.59 Å². The Hall–Kier alpha value is -4.14. The number of hydrogen-bond acceptors (Lipinski definition) is 5. The minimum absolute atomic E-state index is 0.0747. The van der Waals surface area contributed by atoms with E-state index in [4.69, 9.17) is 4.74 Å². The molecule has 4 aromatic rings. The Kier molecular flexibility index (Phi) is 6.40. The third-order valence-corrected chi connectivity index (χ3v) is 7.91. The summed E-state index contributed by atoms with van der Waals surface area (Å²) in [5, 5.41) is 5.44. The van der Waals surface area contributed by atoms with E-state index in [2.05, 4.69) is 40.2 Å². The van der Waals surface area contributed by atoms with E-state index in [1.54, 1.807) is 16.9 Å². The lowest BCUT2D eigenvalue weighted by molar-refractivity contribution is 0.0222. The van der Waals surface area contributed by atoms with Gasteiger partial charge < -0.3 is 19.5 Å². The van der Waals surface area contributed by atoms with E-state index < -0.39 is 5.60 Å². The number of rotatable bonds is 3. The standard InChI is InChI=1S/C31H36N6O3/c1-19-16-32-28-23(19)15-22(17-33-28)21-13-20-8-12-36(29(38)26-9-11-35(5)34-26)18-25(20)24(14-21)27-7-6-10-37(27)30(39)40-31(2,3)4/h9,11,13-17,27H,6-8,10,12,18H2,1-5H3,(H,32,33). The van der Waals surface area contributed by atoms with Crippen LogP contribution < -0.4 is 0 Å². The molecule has 0 bridgehead atoms. The number of nitrogens with one attached hydrogen (secondary N) is 1. The zero-order valence-electron chi connectivity index (χ0n) is 23.8. The maximum Gasteiger partial charge on any atom is 0.410 e. The van der Waals surface area contributed by atoms with Crippen molar-refractivity contribution in [2.24, 2.45) is 7.05 Å². The highest BCUT2D eigenvalue weighted by Gasteiger charge is 2.36. The Bertz CT molecular complexity index is 1610. The molecule has 5 heterocycles. The fourth-order valence-corrected chi connectivity index (χ4v) is 5.95. The molecule has 2 amide bonds. The molecule has 1 fully saturated rings. The van der Waals surface area contributed by atoms with Crippen molar-refractivity contribution in [3.63, 3.8) is 0 Å². The van der Waals surface area contributed by atoms with Gasteiger partial charge in [0.15, 0.2) is 0 Å². The second kappa shape index (κ2) is 9.80. The number of carbonyl (C=O) groups excluding carboxylic acids is 2. The minimum Gasteiger partial charge on any atom is -0.444 e. The molecule has 1 saturated heterocycles. The van der Waals surface area contributed by atoms with Crippen molar-refractivity contribution in [2.45, 2.75) is 65.1 Å². The molecule has 2 aliphatic rings. The number of hydrogen-bond donors (Lipinski definition) is 1. The first-order valence-corrected chi connectivity index (χ1v) is 14.0. The second-order valence-electron chi connectivity index (χ2n) is 12.0. The molecule has 1 aromatic carbocycles. The molecule has 6 rings (SSSR count). The summed E-state index contributed by atoms with van der Waals surface area (Å²) >= 11 is 0. The van der Waals surface area contributed by atoms with Crippen LogP contribution in [0.4, 0.5) is 4.79 Å². The molecule has 0 aliphatic carbocycles. The number of H-pyrrole nitrogens is 1. The number of nitrogens with zero attached hydrogens (tertiary/aromatic N) is 5. The van der Waals surface area contributed by atoms with Gasteiger partial charge in [-0.3, -0.25) is 9.48 Å². The highest BCUT2D eigenvalue weighted by atomic mass is 16.6. The van der Waals surface area contributed by atoms with Crippen molar-refractivity contribution in [3.8, 4) is 11.1 Å². The van der Waals surface area contributed by atoms with Crippen LogP contribution in [0, 0.1) is 6.92 Å². The lowest BCUT2D eigenvalue weighted by atomic mass is 9.86. The average Bonchev–Trinajstić information content (AvgIpc) is 3.66. The van der Waals surface area contributed by atoms with Gasteiger partial charge in [0.05, 0.1) is 6.04 Å². The number of amides is 2. The summed E-state index contributed by atoms with van der Waals surface area (Å²) in [7, 11) is 1.81. The molecule has 1 N–H and O–H groups in total. The third kappa shape index (κ3) is 4.85. The highest BCUT2D eigenvalue weighted by Crippen LogP contribution is 2.40. The zero-order chi connectivity index (χ0) is 28.2. The van der Waals surface area contributed by atoms with Crippen molar-refractivity contribution in [1.29, 1.82) is 0 Å². The highest BCUT2D eigenvalue weighted by molar-refractivity contribution is 5.92. The normalized spacial score (nSPS) is 17.4. The molecular formula is C31H36N6O3. The number of aryl methyl sites for hydroxylation is 2. The molecule has 3 aromatic heterocycles. The van der Waals surface area contributed by atoms with Crippen LogP contribution in [0.25, 0.3) is 22.2 Å². The van der Waals surface area contributed by atoms with Crippen molar-refractivity contribution < 1.29 is 14.3 Å². The molecule has 2 aliphatic heterocycles. The summed E-state index contributed by atoms with van der Waals surface area (Å²) < 4.78 is 7.45. The minimum atomic E-state index is -0.576. The summed E-state index contributed by atoms with van der Waals surface area (Å²) in [5.41, 5.74) is 7.41. The molecule has 0 spiro atoms. The van der Waals surface area contributed by atoms with Gasteiger partial charge in [-0.1, -0.05) is 6.07 Å². The Morgan fingerprint density at radius 1 is 1.12 bits per heavy atom. The number of pyridine rings is 1. The smallest absolute Gasteiger partial charge is 0.410 e. The predicted molar refractivity (Wildman–Crippen MR) is 153 cm³/mol. The fraction of sp³-hybridized carbons (Fsp3) is 0.419. The first kappa shape index (κ1) is 26.1. The average molecular weight is 541 g/mol. The van der Waals surface area contributed by atoms with Gasteiger partial charge in [0, 0.05) is 56.2 Å². The van der Waals surface area contributed by atoms with Crippen LogP contribution in [0.5, 0.6) is 0 Å². The van der Waals surface area contributed by atoms with Crippen LogP contribution in [0.3, 0.4) is 0 Å². The number of aromatic nitrogens is 4. The maximum atomic E-state index is 13.4. The zero-order valence-corrected chi connectivity index (χ0v) is 23.8. The van der Waals surface area contributed by atoms with Gasteiger partial charge in [0.25, 0.3) is 5.91 Å². The summed E-state index contributed by atoms with van der Waals surface area (Å²) in [6.45, 7) is 9.49. The first-order valence-electron chi connectivity index (χ1n) is 14.0. The Labute approximate surface area is 234 Å². The topological polar surface area (TPSA) is 96.4 Å². The van der Waals surface area contributed by atoms with Crippen LogP contribution in [-0.4, -0.2) is 60.2 Å². The second-order valence-corrected chi connectivity index (χ2v) is 12.0. The van der Waals surface area contributed by atoms with Crippen LogP contribution in [0.1, 0.15) is 72.4 Å². The van der Waals surface area contributed by atoms with Crippen molar-refractivity contribution in [3.05, 3.63) is 70.8 Å². The van der Waals surface area contributed by atoms with Gasteiger partial charge in [0.2, 0.25) is 0 Å². The molecule has 40 heavy (non-hydrogen) atoms.